The van der Waals surface area contributed by atoms with Crippen LogP contribution >= 0.6 is 0 Å². The average molecular weight is 295 g/mol. The molecule has 0 aliphatic rings. The monoisotopic (exact) mass is 295 g/mol. The Morgan fingerprint density at radius 3 is 2.24 bits per heavy atom. The quantitative estimate of drug-likeness (QED) is 0.827. The minimum Gasteiger partial charge on any atom is -0.467 e. The van der Waals surface area contributed by atoms with E-state index >= 15 is 0 Å². The van der Waals surface area contributed by atoms with Crippen LogP contribution in [-0.4, -0.2) is 35.9 Å². The molecule has 6 nitrogen and oxygen atoms in total. The van der Waals surface area contributed by atoms with E-state index < -0.39 is 29.8 Å². The standard InChI is InChI=1S/C15H21NO5/c1-15(2,3)21-14(19)16-11(13(18)20-4)12(17)10-8-6-5-7-9-10/h5-9,11-12,17H,1-4H3,(H,16,19)/t11-,12-/m0/s1. The van der Waals surface area contributed by atoms with Crippen LogP contribution in [0.1, 0.15) is 32.4 Å². The smallest absolute Gasteiger partial charge is 0.408 e. The molecule has 0 aromatic heterocycles. The van der Waals surface area contributed by atoms with Crippen LogP contribution in [0, 0.1) is 0 Å². The van der Waals surface area contributed by atoms with Gasteiger partial charge in [0.1, 0.15) is 11.7 Å². The van der Waals surface area contributed by atoms with Crippen molar-refractivity contribution in [1.82, 2.24) is 5.32 Å². The van der Waals surface area contributed by atoms with Gasteiger partial charge in [-0.25, -0.2) is 9.59 Å². The van der Waals surface area contributed by atoms with E-state index in [-0.39, 0.29) is 0 Å². The summed E-state index contributed by atoms with van der Waals surface area (Å²) < 4.78 is 9.70. The summed E-state index contributed by atoms with van der Waals surface area (Å²) in [5.41, 5.74) is -0.216. The minimum absolute atomic E-state index is 0.490. The summed E-state index contributed by atoms with van der Waals surface area (Å²) in [7, 11) is 1.18. The average Bonchev–Trinajstić information content (AvgIpc) is 2.42. The lowest BCUT2D eigenvalue weighted by Gasteiger charge is -2.25. The van der Waals surface area contributed by atoms with Gasteiger partial charge in [0.25, 0.3) is 0 Å². The number of methoxy groups -OCH3 is 1. The summed E-state index contributed by atoms with van der Waals surface area (Å²) in [6, 6.07) is 7.28. The molecule has 0 fully saturated rings. The number of carbonyl (C=O) groups is 2. The van der Waals surface area contributed by atoms with Crippen molar-refractivity contribution in [2.24, 2.45) is 0 Å². The van der Waals surface area contributed by atoms with Gasteiger partial charge < -0.3 is 19.9 Å². The van der Waals surface area contributed by atoms with Gasteiger partial charge in [-0.05, 0) is 26.3 Å². The largest absolute Gasteiger partial charge is 0.467 e. The summed E-state index contributed by atoms with van der Waals surface area (Å²) >= 11 is 0. The number of carbonyl (C=O) groups excluding carboxylic acids is 2. The lowest BCUT2D eigenvalue weighted by atomic mass is 10.0. The second-order valence-electron chi connectivity index (χ2n) is 5.50. The highest BCUT2D eigenvalue weighted by Gasteiger charge is 2.32. The van der Waals surface area contributed by atoms with Gasteiger partial charge in [0.15, 0.2) is 6.04 Å². The van der Waals surface area contributed by atoms with Crippen LogP contribution in [0.5, 0.6) is 0 Å². The highest BCUT2D eigenvalue weighted by atomic mass is 16.6. The Morgan fingerprint density at radius 1 is 1.19 bits per heavy atom. The zero-order valence-corrected chi connectivity index (χ0v) is 12.6. The summed E-state index contributed by atoms with van der Waals surface area (Å²) in [5.74, 6) is -0.753. The van der Waals surface area contributed by atoms with Crippen molar-refractivity contribution in [3.05, 3.63) is 35.9 Å². The van der Waals surface area contributed by atoms with Crippen molar-refractivity contribution in [2.75, 3.05) is 7.11 Å². The summed E-state index contributed by atoms with van der Waals surface area (Å²) in [5, 5.41) is 12.6. The molecule has 2 atom stereocenters. The van der Waals surface area contributed by atoms with Crippen LogP contribution in [-0.2, 0) is 14.3 Å². The molecular formula is C15H21NO5. The number of nitrogens with one attached hydrogen (secondary N) is 1. The number of esters is 1. The normalized spacial score (nSPS) is 14.0. The molecular weight excluding hydrogens is 274 g/mol. The van der Waals surface area contributed by atoms with E-state index in [4.69, 9.17) is 4.74 Å². The molecule has 0 radical (unpaired) electrons. The SMILES string of the molecule is COC(=O)[C@@H](NC(=O)OC(C)(C)C)[C@@H](O)c1ccccc1. The molecule has 1 rings (SSSR count). The lowest BCUT2D eigenvalue weighted by molar-refractivity contribution is -0.146. The van der Waals surface area contributed by atoms with Gasteiger partial charge >= 0.3 is 12.1 Å². The fraction of sp³-hybridized carbons (Fsp3) is 0.467. The summed E-state index contributed by atoms with van der Waals surface area (Å²) in [6.45, 7) is 5.11. The van der Waals surface area contributed by atoms with Crippen molar-refractivity contribution in [2.45, 2.75) is 38.5 Å². The molecule has 0 aliphatic heterocycles. The molecule has 0 saturated carbocycles. The molecule has 0 unspecified atom stereocenters. The third kappa shape index (κ3) is 5.43. The van der Waals surface area contributed by atoms with E-state index in [1.54, 1.807) is 51.1 Å². The third-order valence-electron chi connectivity index (χ3n) is 2.58. The zero-order chi connectivity index (χ0) is 16.0. The maximum Gasteiger partial charge on any atom is 0.408 e. The second-order valence-corrected chi connectivity index (χ2v) is 5.50. The summed E-state index contributed by atoms with van der Waals surface area (Å²) in [6.07, 6.45) is -2.03. The van der Waals surface area contributed by atoms with Gasteiger partial charge in [0.05, 0.1) is 7.11 Å². The van der Waals surface area contributed by atoms with E-state index in [1.807, 2.05) is 0 Å². The van der Waals surface area contributed by atoms with Crippen LogP contribution in [0.15, 0.2) is 30.3 Å². The number of hydrogen-bond acceptors (Lipinski definition) is 5. The van der Waals surface area contributed by atoms with Crippen molar-refractivity contribution in [1.29, 1.82) is 0 Å². The molecule has 0 heterocycles. The summed E-state index contributed by atoms with van der Waals surface area (Å²) in [4.78, 5) is 23.5. The topological polar surface area (TPSA) is 84.9 Å². The number of aliphatic hydroxyl groups excluding tert-OH is 1. The fourth-order valence-corrected chi connectivity index (χ4v) is 1.67. The lowest BCUT2D eigenvalue weighted by Crippen LogP contribution is -2.47. The minimum atomic E-state index is -1.24. The van der Waals surface area contributed by atoms with E-state index in [0.717, 1.165) is 0 Å². The highest BCUT2D eigenvalue weighted by Crippen LogP contribution is 2.18. The maximum absolute atomic E-state index is 11.8. The molecule has 1 amide bonds. The fourth-order valence-electron chi connectivity index (χ4n) is 1.67. The van der Waals surface area contributed by atoms with E-state index in [9.17, 15) is 14.7 Å². The molecule has 0 aliphatic carbocycles. The number of ether oxygens (including phenoxy) is 2. The molecule has 6 heteroatoms. The Labute approximate surface area is 124 Å². The Balaban J connectivity index is 2.86. The number of benzene rings is 1. The predicted molar refractivity (Wildman–Crippen MR) is 76.6 cm³/mol. The molecule has 2 N–H and O–H groups in total. The molecule has 1 aromatic rings. The second kappa shape index (κ2) is 7.08. The first-order valence-electron chi connectivity index (χ1n) is 6.55. The van der Waals surface area contributed by atoms with Crippen LogP contribution in [0.4, 0.5) is 4.79 Å². The van der Waals surface area contributed by atoms with Gasteiger partial charge in [-0.15, -0.1) is 0 Å². The number of hydrogen-bond donors (Lipinski definition) is 2. The highest BCUT2D eigenvalue weighted by molar-refractivity contribution is 5.82. The maximum atomic E-state index is 11.8. The van der Waals surface area contributed by atoms with Gasteiger partial charge in [-0.3, -0.25) is 0 Å². The first kappa shape index (κ1) is 17.0. The Kier molecular flexibility index (Phi) is 5.72. The van der Waals surface area contributed by atoms with Crippen molar-refractivity contribution in [3.63, 3.8) is 0 Å². The first-order valence-corrected chi connectivity index (χ1v) is 6.55. The van der Waals surface area contributed by atoms with Gasteiger partial charge in [0, 0.05) is 0 Å². The van der Waals surface area contributed by atoms with E-state index in [2.05, 4.69) is 10.1 Å². The predicted octanol–water partition coefficient (Wildman–Crippen LogP) is 1.79. The molecule has 116 valence electrons. The Bertz CT molecular complexity index is 481. The first-order chi connectivity index (χ1) is 9.74. The third-order valence-corrected chi connectivity index (χ3v) is 2.58. The number of alkyl carbamates (subject to hydrolysis) is 1. The van der Waals surface area contributed by atoms with Crippen LogP contribution in [0.25, 0.3) is 0 Å². The van der Waals surface area contributed by atoms with Crippen molar-refractivity contribution >= 4 is 12.1 Å². The molecule has 0 spiro atoms. The van der Waals surface area contributed by atoms with E-state index in [0.29, 0.717) is 5.56 Å². The van der Waals surface area contributed by atoms with Crippen molar-refractivity contribution < 1.29 is 24.2 Å². The van der Waals surface area contributed by atoms with Gasteiger partial charge in [-0.2, -0.15) is 0 Å². The van der Waals surface area contributed by atoms with Crippen molar-refractivity contribution in [3.8, 4) is 0 Å². The van der Waals surface area contributed by atoms with Gasteiger partial charge in [0.2, 0.25) is 0 Å². The van der Waals surface area contributed by atoms with Gasteiger partial charge in [-0.1, -0.05) is 30.3 Å². The molecule has 21 heavy (non-hydrogen) atoms. The Morgan fingerprint density at radius 2 is 1.76 bits per heavy atom. The van der Waals surface area contributed by atoms with Crippen LogP contribution in [0.2, 0.25) is 0 Å². The number of amides is 1. The molecule has 1 aromatic carbocycles. The molecule has 0 bridgehead atoms. The number of rotatable bonds is 4. The molecule has 0 saturated heterocycles. The van der Waals surface area contributed by atoms with Crippen LogP contribution < -0.4 is 5.32 Å². The van der Waals surface area contributed by atoms with Crippen LogP contribution in [0.3, 0.4) is 0 Å². The number of aliphatic hydroxyl groups is 1. The zero-order valence-electron chi connectivity index (χ0n) is 12.6. The Hall–Kier alpha value is -2.08. The van der Waals surface area contributed by atoms with E-state index in [1.165, 1.54) is 7.11 Å².